The van der Waals surface area contributed by atoms with Crippen molar-refractivity contribution in [2.75, 3.05) is 13.7 Å². The highest BCUT2D eigenvalue weighted by Crippen LogP contribution is 2.41. The minimum absolute atomic E-state index is 0.0516. The van der Waals surface area contributed by atoms with Crippen molar-refractivity contribution in [2.24, 2.45) is 20.5 Å². The number of methoxy groups -OCH3 is 1. The number of benzene rings is 6. The van der Waals surface area contributed by atoms with Crippen molar-refractivity contribution in [3.63, 3.8) is 0 Å². The van der Waals surface area contributed by atoms with Crippen molar-refractivity contribution in [1.82, 2.24) is 0 Å². The lowest BCUT2D eigenvalue weighted by Gasteiger charge is -2.12. The Labute approximate surface area is 248 Å². The number of nitrogens with zero attached hydrogens (tertiary/aromatic N) is 4. The zero-order chi connectivity index (χ0) is 29.6. The Balaban J connectivity index is 1.26. The molecule has 0 aromatic heterocycles. The minimum Gasteiger partial charge on any atom is -0.506 e. The van der Waals surface area contributed by atoms with Gasteiger partial charge in [-0.1, -0.05) is 54.6 Å². The summed E-state index contributed by atoms with van der Waals surface area (Å²) >= 11 is 0. The quantitative estimate of drug-likeness (QED) is 0.175. The molecule has 0 spiro atoms. The third-order valence-corrected chi connectivity index (χ3v) is 6.80. The van der Waals surface area contributed by atoms with Crippen molar-refractivity contribution in [3.05, 3.63) is 115 Å². The van der Waals surface area contributed by atoms with Gasteiger partial charge in [0.15, 0.2) is 0 Å². The van der Waals surface area contributed by atoms with Crippen LogP contribution in [0.2, 0.25) is 0 Å². The Kier molecular flexibility index (Phi) is 7.91. The summed E-state index contributed by atoms with van der Waals surface area (Å²) in [5.74, 6) is 2.55. The average molecular weight is 569 g/mol. The molecule has 8 nitrogen and oxygen atoms in total. The molecule has 212 valence electrons. The van der Waals surface area contributed by atoms with Crippen LogP contribution >= 0.6 is 0 Å². The fraction of sp³-hybridized carbons (Fsp3) is 0.0857. The minimum atomic E-state index is 0.0516. The molecular formula is C35H28N4O4. The van der Waals surface area contributed by atoms with Gasteiger partial charge in [0.2, 0.25) is 0 Å². The number of aromatic hydroxyl groups is 1. The van der Waals surface area contributed by atoms with Crippen molar-refractivity contribution in [1.29, 1.82) is 0 Å². The van der Waals surface area contributed by atoms with Gasteiger partial charge in [-0.25, -0.2) is 0 Å². The summed E-state index contributed by atoms with van der Waals surface area (Å²) in [6.07, 6.45) is 0. The first kappa shape index (κ1) is 27.4. The van der Waals surface area contributed by atoms with E-state index in [0.29, 0.717) is 35.2 Å². The number of hydrogen-bond acceptors (Lipinski definition) is 8. The molecule has 0 saturated heterocycles. The van der Waals surface area contributed by atoms with Crippen LogP contribution < -0.4 is 14.2 Å². The molecule has 6 rings (SSSR count). The molecule has 0 bridgehead atoms. The first-order chi connectivity index (χ1) is 21.1. The Morgan fingerprint density at radius 3 is 2.09 bits per heavy atom. The zero-order valence-electron chi connectivity index (χ0n) is 23.6. The van der Waals surface area contributed by atoms with Gasteiger partial charge in [-0.05, 0) is 66.9 Å². The van der Waals surface area contributed by atoms with E-state index in [1.807, 2.05) is 97.9 Å². The largest absolute Gasteiger partial charge is 0.506 e. The molecule has 0 fully saturated rings. The average Bonchev–Trinajstić information content (AvgIpc) is 3.05. The fourth-order valence-electron chi connectivity index (χ4n) is 4.70. The van der Waals surface area contributed by atoms with Crippen LogP contribution in [0.25, 0.3) is 21.5 Å². The van der Waals surface area contributed by atoms with Crippen LogP contribution in [-0.4, -0.2) is 18.8 Å². The molecule has 1 N–H and O–H groups in total. The van der Waals surface area contributed by atoms with Gasteiger partial charge in [-0.2, -0.15) is 5.11 Å². The van der Waals surface area contributed by atoms with E-state index in [9.17, 15) is 5.11 Å². The van der Waals surface area contributed by atoms with Crippen LogP contribution in [0.1, 0.15) is 6.92 Å². The number of hydrogen-bond donors (Lipinski definition) is 1. The van der Waals surface area contributed by atoms with Crippen LogP contribution in [0, 0.1) is 0 Å². The standard InChI is InChI=1S/C35H28N4O4/c1-3-42-25-15-13-24(14-16-25)36-37-30-19-21-33(29-11-7-6-10-28(29)30)43-26-17-18-31(34(22-26)41-2)38-39-35-27-9-5-4-8-23(27)12-20-32(35)40/h4-22,40H,3H2,1-2H3. The van der Waals surface area contributed by atoms with E-state index in [1.54, 1.807) is 31.4 Å². The topological polar surface area (TPSA) is 97.4 Å². The maximum Gasteiger partial charge on any atom is 0.150 e. The summed E-state index contributed by atoms with van der Waals surface area (Å²) in [6.45, 7) is 2.56. The maximum absolute atomic E-state index is 10.4. The molecule has 6 aromatic carbocycles. The molecular weight excluding hydrogens is 540 g/mol. The lowest BCUT2D eigenvalue weighted by atomic mass is 10.1. The Hall–Kier alpha value is -5.76. The van der Waals surface area contributed by atoms with Gasteiger partial charge < -0.3 is 19.3 Å². The summed E-state index contributed by atoms with van der Waals surface area (Å²) in [6, 6.07) is 35.6. The van der Waals surface area contributed by atoms with Crippen LogP contribution in [0.3, 0.4) is 0 Å². The molecule has 43 heavy (non-hydrogen) atoms. The first-order valence-corrected chi connectivity index (χ1v) is 13.8. The molecule has 0 heterocycles. The second-order valence-electron chi connectivity index (χ2n) is 9.55. The molecule has 0 amide bonds. The van der Waals surface area contributed by atoms with Crippen LogP contribution in [-0.2, 0) is 0 Å². The maximum atomic E-state index is 10.4. The second-order valence-corrected chi connectivity index (χ2v) is 9.55. The summed E-state index contributed by atoms with van der Waals surface area (Å²) in [4.78, 5) is 0. The van der Waals surface area contributed by atoms with Gasteiger partial charge in [0.1, 0.15) is 40.1 Å². The number of ether oxygens (including phenoxy) is 3. The van der Waals surface area contributed by atoms with Crippen molar-refractivity contribution >= 4 is 44.3 Å². The van der Waals surface area contributed by atoms with Crippen molar-refractivity contribution in [2.45, 2.75) is 6.92 Å². The SMILES string of the molecule is CCOc1ccc(N=Nc2ccc(Oc3ccc(N=Nc4c(O)ccc5ccccc45)c(OC)c3)c3ccccc23)cc1. The summed E-state index contributed by atoms with van der Waals surface area (Å²) in [5, 5.41) is 31.6. The Morgan fingerprint density at radius 1 is 0.605 bits per heavy atom. The number of azo groups is 2. The molecule has 0 radical (unpaired) electrons. The van der Waals surface area contributed by atoms with E-state index in [0.717, 1.165) is 38.7 Å². The number of fused-ring (bicyclic) bond motifs is 2. The first-order valence-electron chi connectivity index (χ1n) is 13.8. The third-order valence-electron chi connectivity index (χ3n) is 6.80. The van der Waals surface area contributed by atoms with E-state index in [1.165, 1.54) is 0 Å². The predicted molar refractivity (Wildman–Crippen MR) is 169 cm³/mol. The predicted octanol–water partition coefficient (Wildman–Crippen LogP) is 10.7. The van der Waals surface area contributed by atoms with E-state index >= 15 is 0 Å². The van der Waals surface area contributed by atoms with Gasteiger partial charge in [-0.15, -0.1) is 15.3 Å². The van der Waals surface area contributed by atoms with E-state index in [4.69, 9.17) is 14.2 Å². The van der Waals surface area contributed by atoms with Crippen LogP contribution in [0.4, 0.5) is 22.7 Å². The molecule has 0 aliphatic carbocycles. The Morgan fingerprint density at radius 2 is 1.30 bits per heavy atom. The highest BCUT2D eigenvalue weighted by molar-refractivity contribution is 5.97. The number of phenolic OH excluding ortho intramolecular Hbond substituents is 1. The molecule has 8 heteroatoms. The summed E-state index contributed by atoms with van der Waals surface area (Å²) in [7, 11) is 1.56. The van der Waals surface area contributed by atoms with Gasteiger partial charge in [0.25, 0.3) is 0 Å². The van der Waals surface area contributed by atoms with Crippen molar-refractivity contribution < 1.29 is 19.3 Å². The molecule has 0 aliphatic heterocycles. The van der Waals surface area contributed by atoms with Gasteiger partial charge >= 0.3 is 0 Å². The Bertz CT molecular complexity index is 1970. The summed E-state index contributed by atoms with van der Waals surface area (Å²) in [5.41, 5.74) is 2.35. The van der Waals surface area contributed by atoms with E-state index < -0.39 is 0 Å². The van der Waals surface area contributed by atoms with E-state index in [-0.39, 0.29) is 5.75 Å². The van der Waals surface area contributed by atoms with Gasteiger partial charge in [0.05, 0.1) is 25.1 Å². The highest BCUT2D eigenvalue weighted by atomic mass is 16.5. The third kappa shape index (κ3) is 5.99. The molecule has 0 atom stereocenters. The monoisotopic (exact) mass is 568 g/mol. The lowest BCUT2D eigenvalue weighted by Crippen LogP contribution is -1.89. The van der Waals surface area contributed by atoms with Crippen molar-refractivity contribution in [3.8, 4) is 28.7 Å². The molecule has 0 unspecified atom stereocenters. The zero-order valence-corrected chi connectivity index (χ0v) is 23.6. The second kappa shape index (κ2) is 12.4. The van der Waals surface area contributed by atoms with E-state index in [2.05, 4.69) is 20.5 Å². The molecule has 6 aromatic rings. The highest BCUT2D eigenvalue weighted by Gasteiger charge is 2.11. The lowest BCUT2D eigenvalue weighted by molar-refractivity contribution is 0.340. The molecule has 0 saturated carbocycles. The van der Waals surface area contributed by atoms with Crippen LogP contribution in [0.15, 0.2) is 136 Å². The fourth-order valence-corrected chi connectivity index (χ4v) is 4.70. The van der Waals surface area contributed by atoms with Crippen LogP contribution in [0.5, 0.6) is 28.7 Å². The molecule has 0 aliphatic rings. The normalized spacial score (nSPS) is 11.5. The van der Waals surface area contributed by atoms with Gasteiger partial charge in [-0.3, -0.25) is 0 Å². The number of rotatable bonds is 9. The smallest absolute Gasteiger partial charge is 0.150 e. The van der Waals surface area contributed by atoms with Gasteiger partial charge in [0, 0.05) is 22.2 Å². The summed E-state index contributed by atoms with van der Waals surface area (Å²) < 4.78 is 17.4. The number of phenols is 1.